The Morgan fingerprint density at radius 1 is 1.26 bits per heavy atom. The summed E-state index contributed by atoms with van der Waals surface area (Å²) < 4.78 is 0. The van der Waals surface area contributed by atoms with Crippen LogP contribution in [0.1, 0.15) is 41.2 Å². The maximum absolute atomic E-state index is 12.7. The van der Waals surface area contributed by atoms with Gasteiger partial charge in [0.05, 0.1) is 28.3 Å². The predicted molar refractivity (Wildman–Crippen MR) is 126 cm³/mol. The zero-order valence-electron chi connectivity index (χ0n) is 17.5. The average Bonchev–Trinajstić information content (AvgIpc) is 3.28. The van der Waals surface area contributed by atoms with Crippen LogP contribution in [0.2, 0.25) is 0 Å². The van der Waals surface area contributed by atoms with E-state index in [1.54, 1.807) is 11.3 Å². The highest BCUT2D eigenvalue weighted by atomic mass is 32.2. The van der Waals surface area contributed by atoms with Gasteiger partial charge in [-0.3, -0.25) is 9.59 Å². The highest BCUT2D eigenvalue weighted by Crippen LogP contribution is 2.45. The number of ketones is 1. The van der Waals surface area contributed by atoms with E-state index in [-0.39, 0.29) is 23.4 Å². The van der Waals surface area contributed by atoms with E-state index in [1.807, 2.05) is 49.6 Å². The fraction of sp³-hybridized carbons (Fsp3) is 0.292. The fourth-order valence-electron chi connectivity index (χ4n) is 4.10. The van der Waals surface area contributed by atoms with E-state index in [0.717, 1.165) is 45.8 Å². The number of dihydropyridines is 1. The number of hydrogen-bond donors (Lipinski definition) is 2. The standard InChI is InChI=1S/C24H23N3O2S2/c1-14-6-3-7-15(2)23(14)27-20(29)13-31-24-16(12-25)21(19-10-5-11-30-19)22-17(26-24)8-4-9-18(22)28/h3,5-7,10-11,21,26H,4,8-9,13H2,1-2H3,(H,27,29)/t21-/m1/s1. The lowest BCUT2D eigenvalue weighted by Gasteiger charge is -2.32. The van der Waals surface area contributed by atoms with Crippen molar-refractivity contribution in [2.24, 2.45) is 0 Å². The SMILES string of the molecule is Cc1cccc(C)c1NC(=O)CSC1=C(C#N)[C@H](c2cccs2)C2=C(CCCC2=O)N1. The number of nitrogens with one attached hydrogen (secondary N) is 2. The summed E-state index contributed by atoms with van der Waals surface area (Å²) in [6.07, 6.45) is 2.09. The molecule has 1 aliphatic heterocycles. The van der Waals surface area contributed by atoms with Crippen molar-refractivity contribution < 1.29 is 9.59 Å². The number of rotatable bonds is 5. The zero-order valence-corrected chi connectivity index (χ0v) is 19.1. The maximum Gasteiger partial charge on any atom is 0.234 e. The first-order chi connectivity index (χ1) is 15.0. The zero-order chi connectivity index (χ0) is 22.0. The second kappa shape index (κ2) is 9.13. The summed E-state index contributed by atoms with van der Waals surface area (Å²) in [6.45, 7) is 3.93. The van der Waals surface area contributed by atoms with Crippen molar-refractivity contribution in [3.05, 3.63) is 73.6 Å². The molecule has 1 aromatic heterocycles. The summed E-state index contributed by atoms with van der Waals surface area (Å²) in [5.41, 5.74) is 4.99. The Morgan fingerprint density at radius 3 is 2.71 bits per heavy atom. The molecule has 2 aliphatic rings. The number of carbonyl (C=O) groups is 2. The highest BCUT2D eigenvalue weighted by Gasteiger charge is 2.37. The van der Waals surface area contributed by atoms with E-state index in [0.29, 0.717) is 17.0 Å². The first-order valence-electron chi connectivity index (χ1n) is 10.2. The lowest BCUT2D eigenvalue weighted by Crippen LogP contribution is -2.31. The lowest BCUT2D eigenvalue weighted by atomic mass is 9.79. The summed E-state index contributed by atoms with van der Waals surface area (Å²) >= 11 is 2.87. The third-order valence-corrected chi connectivity index (χ3v) is 7.54. The van der Waals surface area contributed by atoms with Crippen molar-refractivity contribution in [2.45, 2.75) is 39.0 Å². The number of nitriles is 1. The van der Waals surface area contributed by atoms with E-state index in [2.05, 4.69) is 16.7 Å². The Bertz CT molecular complexity index is 1120. The number of amides is 1. The predicted octanol–water partition coefficient (Wildman–Crippen LogP) is 5.17. The minimum Gasteiger partial charge on any atom is -0.352 e. The van der Waals surface area contributed by atoms with Crippen LogP contribution in [0, 0.1) is 25.2 Å². The Hall–Kier alpha value is -2.82. The van der Waals surface area contributed by atoms with Gasteiger partial charge in [-0.15, -0.1) is 11.3 Å². The number of thioether (sulfide) groups is 1. The van der Waals surface area contributed by atoms with E-state index >= 15 is 0 Å². The van der Waals surface area contributed by atoms with Crippen molar-refractivity contribution in [1.82, 2.24) is 5.32 Å². The second-order valence-electron chi connectivity index (χ2n) is 7.70. The normalized spacial score (nSPS) is 18.4. The molecule has 4 rings (SSSR count). The van der Waals surface area contributed by atoms with Gasteiger partial charge in [0.15, 0.2) is 5.78 Å². The van der Waals surface area contributed by atoms with Crippen LogP contribution in [0.4, 0.5) is 5.69 Å². The van der Waals surface area contributed by atoms with Crippen LogP contribution in [0.25, 0.3) is 0 Å². The number of carbonyl (C=O) groups excluding carboxylic acids is 2. The maximum atomic E-state index is 12.7. The molecule has 7 heteroatoms. The van der Waals surface area contributed by atoms with Crippen LogP contribution in [-0.4, -0.2) is 17.4 Å². The number of thiophene rings is 1. The molecule has 158 valence electrons. The van der Waals surface area contributed by atoms with Crippen molar-refractivity contribution in [3.63, 3.8) is 0 Å². The summed E-state index contributed by atoms with van der Waals surface area (Å²) in [4.78, 5) is 26.4. The fourth-order valence-corrected chi connectivity index (χ4v) is 5.81. The number of Topliss-reactive ketones (excluding diaryl/α,β-unsaturated/α-hetero) is 1. The first kappa shape index (κ1) is 21.4. The van der Waals surface area contributed by atoms with Crippen LogP contribution in [0.3, 0.4) is 0 Å². The van der Waals surface area contributed by atoms with E-state index < -0.39 is 0 Å². The molecule has 1 amide bonds. The van der Waals surface area contributed by atoms with Gasteiger partial charge in [0.25, 0.3) is 0 Å². The molecule has 1 aliphatic carbocycles. The average molecular weight is 450 g/mol. The largest absolute Gasteiger partial charge is 0.352 e. The summed E-state index contributed by atoms with van der Waals surface area (Å²) in [7, 11) is 0. The molecule has 0 radical (unpaired) electrons. The van der Waals surface area contributed by atoms with Gasteiger partial charge in [-0.25, -0.2) is 0 Å². The molecule has 5 nitrogen and oxygen atoms in total. The number of para-hydroxylation sites is 1. The molecule has 31 heavy (non-hydrogen) atoms. The quantitative estimate of drug-likeness (QED) is 0.658. The van der Waals surface area contributed by atoms with Crippen LogP contribution in [0.5, 0.6) is 0 Å². The van der Waals surface area contributed by atoms with Crippen molar-refractivity contribution >= 4 is 40.5 Å². The molecule has 0 fully saturated rings. The molecule has 1 aromatic carbocycles. The van der Waals surface area contributed by atoms with Gasteiger partial charge in [0.2, 0.25) is 5.91 Å². The Morgan fingerprint density at radius 2 is 2.03 bits per heavy atom. The molecule has 2 aromatic rings. The van der Waals surface area contributed by atoms with Crippen LogP contribution < -0.4 is 10.6 Å². The number of benzene rings is 1. The number of hydrogen-bond acceptors (Lipinski definition) is 6. The number of nitrogens with zero attached hydrogens (tertiary/aromatic N) is 1. The molecule has 2 N–H and O–H groups in total. The minimum atomic E-state index is -0.349. The van der Waals surface area contributed by atoms with Gasteiger partial charge in [-0.1, -0.05) is 36.0 Å². The smallest absolute Gasteiger partial charge is 0.234 e. The van der Waals surface area contributed by atoms with E-state index in [9.17, 15) is 14.9 Å². The molecular weight excluding hydrogens is 426 g/mol. The number of anilines is 1. The third kappa shape index (κ3) is 4.32. The van der Waals surface area contributed by atoms with Gasteiger partial charge in [-0.05, 0) is 49.3 Å². The molecular formula is C24H23N3O2S2. The molecule has 0 saturated heterocycles. The Labute approximate surface area is 190 Å². The van der Waals surface area contributed by atoms with Crippen molar-refractivity contribution in [3.8, 4) is 6.07 Å². The molecule has 0 bridgehead atoms. The van der Waals surface area contributed by atoms with Gasteiger partial charge < -0.3 is 10.6 Å². The molecule has 0 saturated carbocycles. The highest BCUT2D eigenvalue weighted by molar-refractivity contribution is 8.03. The number of allylic oxidation sites excluding steroid dienone is 3. The van der Waals surface area contributed by atoms with Crippen LogP contribution >= 0.6 is 23.1 Å². The summed E-state index contributed by atoms with van der Waals surface area (Å²) in [5.74, 6) is -0.189. The number of aryl methyl sites for hydroxylation is 2. The second-order valence-corrected chi connectivity index (χ2v) is 9.67. The van der Waals surface area contributed by atoms with E-state index in [1.165, 1.54) is 11.8 Å². The van der Waals surface area contributed by atoms with Crippen LogP contribution in [0.15, 0.2) is 57.6 Å². The Balaban J connectivity index is 1.58. The van der Waals surface area contributed by atoms with Crippen molar-refractivity contribution in [1.29, 1.82) is 5.26 Å². The van der Waals surface area contributed by atoms with Gasteiger partial charge in [0, 0.05) is 28.3 Å². The minimum absolute atomic E-state index is 0.108. The summed E-state index contributed by atoms with van der Waals surface area (Å²) in [6, 6.07) is 12.1. The van der Waals surface area contributed by atoms with Crippen LogP contribution in [-0.2, 0) is 9.59 Å². The molecule has 2 heterocycles. The van der Waals surface area contributed by atoms with Gasteiger partial charge in [0.1, 0.15) is 0 Å². The monoisotopic (exact) mass is 449 g/mol. The molecule has 1 atom stereocenters. The first-order valence-corrected chi connectivity index (χ1v) is 12.1. The van der Waals surface area contributed by atoms with Gasteiger partial charge in [-0.2, -0.15) is 5.26 Å². The lowest BCUT2D eigenvalue weighted by molar-refractivity contribution is -0.116. The molecule has 0 spiro atoms. The van der Waals surface area contributed by atoms with Crippen molar-refractivity contribution in [2.75, 3.05) is 11.1 Å². The van der Waals surface area contributed by atoms with E-state index in [4.69, 9.17) is 0 Å². The third-order valence-electron chi connectivity index (χ3n) is 5.58. The Kier molecular flexibility index (Phi) is 6.30. The van der Waals surface area contributed by atoms with Gasteiger partial charge >= 0.3 is 0 Å². The summed E-state index contributed by atoms with van der Waals surface area (Å²) in [5, 5.41) is 18.9. The molecule has 0 unspecified atom stereocenters. The topological polar surface area (TPSA) is 82.0 Å².